The molecule has 0 saturated carbocycles. The van der Waals surface area contributed by atoms with Gasteiger partial charge in [0.15, 0.2) is 4.32 Å². The highest BCUT2D eigenvalue weighted by molar-refractivity contribution is 8.27. The molecule has 1 aliphatic heterocycles. The highest BCUT2D eigenvalue weighted by atomic mass is 32.2. The number of thiocarbonyl (C=S) groups is 1. The van der Waals surface area contributed by atoms with Crippen LogP contribution in [0.15, 0.2) is 89.9 Å². The maximum absolute atomic E-state index is 12.9. The van der Waals surface area contributed by atoms with Gasteiger partial charge >= 0.3 is 0 Å². The van der Waals surface area contributed by atoms with Gasteiger partial charge in [0, 0.05) is 5.39 Å². The van der Waals surface area contributed by atoms with Crippen molar-refractivity contribution in [2.75, 3.05) is 4.90 Å². The molecule has 1 heterocycles. The normalized spacial score (nSPS) is 16.3. The quantitative estimate of drug-likeness (QED) is 0.427. The van der Waals surface area contributed by atoms with Crippen LogP contribution in [0.2, 0.25) is 0 Å². The summed E-state index contributed by atoms with van der Waals surface area (Å²) in [7, 11) is 0. The Labute approximate surface area is 161 Å². The van der Waals surface area contributed by atoms with Crippen LogP contribution in [0.5, 0.6) is 0 Å². The van der Waals surface area contributed by atoms with Gasteiger partial charge < -0.3 is 0 Å². The molecule has 1 aliphatic rings. The Morgan fingerprint density at radius 1 is 0.885 bits per heavy atom. The van der Waals surface area contributed by atoms with Gasteiger partial charge in [-0.1, -0.05) is 103 Å². The van der Waals surface area contributed by atoms with Crippen molar-refractivity contribution in [3.8, 4) is 0 Å². The molecule has 0 aliphatic carbocycles. The second-order valence-electron chi connectivity index (χ2n) is 5.81. The van der Waals surface area contributed by atoms with E-state index in [1.807, 2.05) is 91.0 Å². The lowest BCUT2D eigenvalue weighted by molar-refractivity contribution is -0.113. The number of nitrogens with zero attached hydrogens (tertiary/aromatic N) is 1. The van der Waals surface area contributed by atoms with Gasteiger partial charge in [0.1, 0.15) is 0 Å². The van der Waals surface area contributed by atoms with E-state index in [0.29, 0.717) is 9.23 Å². The molecular weight excluding hydrogens is 358 g/mol. The highest BCUT2D eigenvalue weighted by Gasteiger charge is 2.33. The number of hydrogen-bond acceptors (Lipinski definition) is 3. The summed E-state index contributed by atoms with van der Waals surface area (Å²) < 4.78 is 0.561. The predicted octanol–water partition coefficient (Wildman–Crippen LogP) is 5.80. The van der Waals surface area contributed by atoms with Crippen molar-refractivity contribution >= 4 is 56.7 Å². The number of anilines is 1. The average molecular weight is 374 g/mol. The summed E-state index contributed by atoms with van der Waals surface area (Å²) in [5, 5.41) is 2.11. The van der Waals surface area contributed by atoms with E-state index in [1.165, 1.54) is 11.8 Å². The summed E-state index contributed by atoms with van der Waals surface area (Å²) in [4.78, 5) is 15.2. The van der Waals surface area contributed by atoms with E-state index in [2.05, 4.69) is 0 Å². The van der Waals surface area contributed by atoms with E-state index in [0.717, 1.165) is 22.0 Å². The summed E-state index contributed by atoms with van der Waals surface area (Å²) in [6, 6.07) is 23.9. The van der Waals surface area contributed by atoms with Crippen LogP contribution in [0.1, 0.15) is 5.56 Å². The van der Waals surface area contributed by atoms with Gasteiger partial charge in [-0.2, -0.15) is 0 Å². The average Bonchev–Trinajstić information content (AvgIpc) is 2.96. The minimum Gasteiger partial charge on any atom is -0.268 e. The van der Waals surface area contributed by atoms with Crippen molar-refractivity contribution < 1.29 is 4.79 Å². The van der Waals surface area contributed by atoms with Crippen LogP contribution >= 0.6 is 24.0 Å². The van der Waals surface area contributed by atoms with E-state index in [-0.39, 0.29) is 5.91 Å². The molecule has 1 saturated heterocycles. The number of hydrogen-bond donors (Lipinski definition) is 0. The molecule has 0 radical (unpaired) electrons. The van der Waals surface area contributed by atoms with Crippen LogP contribution in [0.4, 0.5) is 5.69 Å². The molecule has 0 atom stereocenters. The van der Waals surface area contributed by atoms with E-state index in [4.69, 9.17) is 12.2 Å². The number of carbonyl (C=O) groups is 1. The Bertz CT molecular complexity index is 1050. The SMILES string of the molecule is O=C1/C(=C/C=C\c2ccccc2)SC(=S)N1c1cccc2ccccc12. The third kappa shape index (κ3) is 3.21. The third-order valence-electron chi connectivity index (χ3n) is 4.14. The summed E-state index contributed by atoms with van der Waals surface area (Å²) in [5.74, 6) is -0.0749. The fraction of sp³-hybridized carbons (Fsp3) is 0. The number of amides is 1. The number of benzene rings is 3. The van der Waals surface area contributed by atoms with E-state index in [9.17, 15) is 4.79 Å². The maximum atomic E-state index is 12.9. The molecule has 3 aromatic carbocycles. The van der Waals surface area contributed by atoms with Crippen molar-refractivity contribution in [1.82, 2.24) is 0 Å². The van der Waals surface area contributed by atoms with Gasteiger partial charge in [-0.3, -0.25) is 9.69 Å². The number of allylic oxidation sites excluding steroid dienone is 2. The Kier molecular flexibility index (Phi) is 4.69. The molecule has 0 N–H and O–H groups in total. The summed E-state index contributed by atoms with van der Waals surface area (Å²) in [6.45, 7) is 0. The minimum atomic E-state index is -0.0749. The van der Waals surface area contributed by atoms with Crippen molar-refractivity contribution in [3.63, 3.8) is 0 Å². The number of thioether (sulfide) groups is 1. The molecule has 1 fully saturated rings. The maximum Gasteiger partial charge on any atom is 0.270 e. The first kappa shape index (κ1) is 16.8. The van der Waals surface area contributed by atoms with Crippen LogP contribution in [0, 0.1) is 0 Å². The summed E-state index contributed by atoms with van der Waals surface area (Å²) >= 11 is 6.82. The predicted molar refractivity (Wildman–Crippen MR) is 115 cm³/mol. The topological polar surface area (TPSA) is 20.3 Å². The lowest BCUT2D eigenvalue weighted by atomic mass is 10.1. The van der Waals surface area contributed by atoms with Gasteiger partial charge in [-0.05, 0) is 23.1 Å². The molecule has 0 aromatic heterocycles. The van der Waals surface area contributed by atoms with E-state index in [1.54, 1.807) is 4.90 Å². The molecule has 2 nitrogen and oxygen atoms in total. The van der Waals surface area contributed by atoms with Crippen molar-refractivity contribution in [2.45, 2.75) is 0 Å². The Hall–Kier alpha value is -2.69. The molecular formula is C22H15NOS2. The van der Waals surface area contributed by atoms with E-state index < -0.39 is 0 Å². The van der Waals surface area contributed by atoms with Gasteiger partial charge in [0.05, 0.1) is 10.6 Å². The van der Waals surface area contributed by atoms with Crippen LogP contribution in [-0.2, 0) is 4.79 Å². The fourth-order valence-corrected chi connectivity index (χ4v) is 4.14. The van der Waals surface area contributed by atoms with Gasteiger partial charge in [0.25, 0.3) is 5.91 Å². The second-order valence-corrected chi connectivity index (χ2v) is 7.48. The largest absolute Gasteiger partial charge is 0.270 e. The fourth-order valence-electron chi connectivity index (χ4n) is 2.90. The monoisotopic (exact) mass is 373 g/mol. The Morgan fingerprint density at radius 2 is 1.62 bits per heavy atom. The van der Waals surface area contributed by atoms with Crippen molar-refractivity contribution in [1.29, 1.82) is 0 Å². The molecule has 1 amide bonds. The van der Waals surface area contributed by atoms with Gasteiger partial charge in [-0.15, -0.1) is 0 Å². The van der Waals surface area contributed by atoms with E-state index >= 15 is 0 Å². The molecule has 3 aromatic rings. The van der Waals surface area contributed by atoms with Crippen LogP contribution in [0.3, 0.4) is 0 Å². The zero-order valence-corrected chi connectivity index (χ0v) is 15.5. The molecule has 0 bridgehead atoms. The Morgan fingerprint density at radius 3 is 2.46 bits per heavy atom. The Balaban J connectivity index is 1.65. The van der Waals surface area contributed by atoms with Crippen LogP contribution < -0.4 is 4.90 Å². The van der Waals surface area contributed by atoms with Crippen LogP contribution in [0.25, 0.3) is 16.8 Å². The number of carbonyl (C=O) groups excluding carboxylic acids is 1. The van der Waals surface area contributed by atoms with Gasteiger partial charge in [-0.25, -0.2) is 0 Å². The minimum absolute atomic E-state index is 0.0749. The first-order chi connectivity index (χ1) is 12.7. The summed E-state index contributed by atoms with van der Waals surface area (Å²) in [5.41, 5.74) is 1.93. The lowest BCUT2D eigenvalue weighted by Gasteiger charge is -2.17. The molecule has 0 unspecified atom stereocenters. The molecule has 0 spiro atoms. The number of fused-ring (bicyclic) bond motifs is 1. The smallest absolute Gasteiger partial charge is 0.268 e. The first-order valence-corrected chi connectivity index (χ1v) is 9.44. The molecule has 126 valence electrons. The van der Waals surface area contributed by atoms with Crippen molar-refractivity contribution in [2.24, 2.45) is 0 Å². The molecule has 26 heavy (non-hydrogen) atoms. The first-order valence-electron chi connectivity index (χ1n) is 8.21. The van der Waals surface area contributed by atoms with Gasteiger partial charge in [0.2, 0.25) is 0 Å². The molecule has 4 heteroatoms. The second kappa shape index (κ2) is 7.28. The summed E-state index contributed by atoms with van der Waals surface area (Å²) in [6.07, 6.45) is 5.70. The zero-order chi connectivity index (χ0) is 17.9. The zero-order valence-electron chi connectivity index (χ0n) is 13.8. The highest BCUT2D eigenvalue weighted by Crippen LogP contribution is 2.38. The lowest BCUT2D eigenvalue weighted by Crippen LogP contribution is -2.27. The van der Waals surface area contributed by atoms with Crippen LogP contribution in [-0.4, -0.2) is 10.2 Å². The molecule has 4 rings (SSSR count). The third-order valence-corrected chi connectivity index (χ3v) is 5.46. The van der Waals surface area contributed by atoms with Crippen molar-refractivity contribution in [3.05, 3.63) is 95.4 Å². The standard InChI is InChI=1S/C22H15NOS2/c24-21-20(15-6-10-16-8-2-1-3-9-16)26-22(25)23(21)19-14-7-12-17-11-4-5-13-18(17)19/h1-15H/b10-6-,20-15-. The number of rotatable bonds is 3.